The average Bonchev–Trinajstić information content (AvgIpc) is 2.30. The first-order valence-electron chi connectivity index (χ1n) is 7.18. The largest absolute Gasteiger partial charge is 0.378 e. The number of carbonyl (C=O) groups excluding carboxylic acids is 1. The van der Waals surface area contributed by atoms with E-state index in [1.807, 2.05) is 13.8 Å². The van der Waals surface area contributed by atoms with E-state index in [9.17, 15) is 4.79 Å². The third-order valence-electron chi connectivity index (χ3n) is 2.33. The molecular formula is C14H30N2O3. The SMILES string of the molecule is CC(C)CC(=O)NCCOCCOCCNC(C)C. The minimum Gasteiger partial charge on any atom is -0.378 e. The van der Waals surface area contributed by atoms with Gasteiger partial charge in [-0.15, -0.1) is 0 Å². The summed E-state index contributed by atoms with van der Waals surface area (Å²) in [6.07, 6.45) is 0.575. The van der Waals surface area contributed by atoms with Gasteiger partial charge in [-0.3, -0.25) is 4.79 Å². The van der Waals surface area contributed by atoms with Crippen LogP contribution in [0.4, 0.5) is 0 Å². The second kappa shape index (κ2) is 12.4. The molecule has 0 rings (SSSR count). The quantitative estimate of drug-likeness (QED) is 0.525. The monoisotopic (exact) mass is 274 g/mol. The molecule has 0 heterocycles. The molecule has 0 bridgehead atoms. The van der Waals surface area contributed by atoms with E-state index in [4.69, 9.17) is 9.47 Å². The van der Waals surface area contributed by atoms with Crippen LogP contribution in [0, 0.1) is 5.92 Å². The second-order valence-electron chi connectivity index (χ2n) is 5.28. The molecule has 19 heavy (non-hydrogen) atoms. The lowest BCUT2D eigenvalue weighted by Crippen LogP contribution is -2.29. The van der Waals surface area contributed by atoms with Crippen molar-refractivity contribution in [3.63, 3.8) is 0 Å². The Hall–Kier alpha value is -0.650. The summed E-state index contributed by atoms with van der Waals surface area (Å²) >= 11 is 0. The van der Waals surface area contributed by atoms with Crippen molar-refractivity contribution >= 4 is 5.91 Å². The van der Waals surface area contributed by atoms with Gasteiger partial charge in [0.25, 0.3) is 0 Å². The van der Waals surface area contributed by atoms with Crippen molar-refractivity contribution in [1.29, 1.82) is 0 Å². The molecule has 0 saturated heterocycles. The number of hydrogen-bond acceptors (Lipinski definition) is 4. The van der Waals surface area contributed by atoms with Crippen LogP contribution in [0.5, 0.6) is 0 Å². The van der Waals surface area contributed by atoms with Gasteiger partial charge >= 0.3 is 0 Å². The second-order valence-corrected chi connectivity index (χ2v) is 5.28. The van der Waals surface area contributed by atoms with Gasteiger partial charge in [0.05, 0.1) is 26.4 Å². The zero-order chi connectivity index (χ0) is 14.5. The molecule has 0 saturated carbocycles. The molecule has 0 spiro atoms. The van der Waals surface area contributed by atoms with E-state index >= 15 is 0 Å². The topological polar surface area (TPSA) is 59.6 Å². The normalized spacial score (nSPS) is 11.3. The minimum atomic E-state index is 0.0922. The van der Waals surface area contributed by atoms with Crippen LogP contribution < -0.4 is 10.6 Å². The molecule has 5 heteroatoms. The van der Waals surface area contributed by atoms with Crippen LogP contribution in [0.25, 0.3) is 0 Å². The Kier molecular flexibility index (Phi) is 12.0. The zero-order valence-corrected chi connectivity index (χ0v) is 12.8. The first kappa shape index (κ1) is 18.4. The number of carbonyl (C=O) groups is 1. The molecule has 114 valence electrons. The van der Waals surface area contributed by atoms with Gasteiger partial charge in [-0.1, -0.05) is 27.7 Å². The summed E-state index contributed by atoms with van der Waals surface area (Å²) in [4.78, 5) is 11.3. The van der Waals surface area contributed by atoms with Crippen LogP contribution in [-0.2, 0) is 14.3 Å². The van der Waals surface area contributed by atoms with Crippen molar-refractivity contribution in [3.05, 3.63) is 0 Å². The maximum absolute atomic E-state index is 11.3. The maximum Gasteiger partial charge on any atom is 0.220 e. The summed E-state index contributed by atoms with van der Waals surface area (Å²) in [6.45, 7) is 12.1. The van der Waals surface area contributed by atoms with Gasteiger partial charge in [-0.05, 0) is 5.92 Å². The van der Waals surface area contributed by atoms with Gasteiger partial charge in [0.15, 0.2) is 0 Å². The van der Waals surface area contributed by atoms with Gasteiger partial charge in [-0.25, -0.2) is 0 Å². The van der Waals surface area contributed by atoms with E-state index in [1.165, 1.54) is 0 Å². The summed E-state index contributed by atoms with van der Waals surface area (Å²) < 4.78 is 10.7. The molecule has 2 N–H and O–H groups in total. The van der Waals surface area contributed by atoms with Crippen molar-refractivity contribution in [2.24, 2.45) is 5.92 Å². The third-order valence-corrected chi connectivity index (χ3v) is 2.33. The summed E-state index contributed by atoms with van der Waals surface area (Å²) in [5.41, 5.74) is 0. The summed E-state index contributed by atoms with van der Waals surface area (Å²) in [5.74, 6) is 0.489. The first-order chi connectivity index (χ1) is 9.02. The van der Waals surface area contributed by atoms with Crippen LogP contribution in [0.1, 0.15) is 34.1 Å². The highest BCUT2D eigenvalue weighted by Gasteiger charge is 2.03. The van der Waals surface area contributed by atoms with E-state index < -0.39 is 0 Å². The number of nitrogens with one attached hydrogen (secondary N) is 2. The molecule has 0 aliphatic heterocycles. The first-order valence-corrected chi connectivity index (χ1v) is 7.18. The van der Waals surface area contributed by atoms with E-state index in [0.717, 1.165) is 6.54 Å². The zero-order valence-electron chi connectivity index (χ0n) is 12.8. The van der Waals surface area contributed by atoms with Crippen LogP contribution in [0.3, 0.4) is 0 Å². The highest BCUT2D eigenvalue weighted by atomic mass is 16.5. The third kappa shape index (κ3) is 15.3. The fourth-order valence-corrected chi connectivity index (χ4v) is 1.45. The number of ether oxygens (including phenoxy) is 2. The Balaban J connectivity index is 3.13. The van der Waals surface area contributed by atoms with Gasteiger partial charge in [0.2, 0.25) is 5.91 Å². The van der Waals surface area contributed by atoms with Gasteiger partial charge < -0.3 is 20.1 Å². The number of amides is 1. The molecule has 0 radical (unpaired) electrons. The van der Waals surface area contributed by atoms with E-state index in [1.54, 1.807) is 0 Å². The Bertz CT molecular complexity index is 221. The van der Waals surface area contributed by atoms with E-state index in [2.05, 4.69) is 24.5 Å². The fraction of sp³-hybridized carbons (Fsp3) is 0.929. The minimum absolute atomic E-state index is 0.0922. The lowest BCUT2D eigenvalue weighted by atomic mass is 10.1. The lowest BCUT2D eigenvalue weighted by Gasteiger charge is -2.09. The molecule has 0 unspecified atom stereocenters. The summed E-state index contributed by atoms with van der Waals surface area (Å²) in [5, 5.41) is 6.09. The number of rotatable bonds is 12. The lowest BCUT2D eigenvalue weighted by molar-refractivity contribution is -0.122. The molecule has 0 aromatic rings. The Morgan fingerprint density at radius 3 is 2.05 bits per heavy atom. The summed E-state index contributed by atoms with van der Waals surface area (Å²) in [6, 6.07) is 0.495. The Morgan fingerprint density at radius 2 is 1.53 bits per heavy atom. The maximum atomic E-state index is 11.3. The smallest absolute Gasteiger partial charge is 0.220 e. The highest BCUT2D eigenvalue weighted by molar-refractivity contribution is 5.75. The van der Waals surface area contributed by atoms with Gasteiger partial charge in [-0.2, -0.15) is 0 Å². The summed E-state index contributed by atoms with van der Waals surface area (Å²) in [7, 11) is 0. The Labute approximate surface area is 117 Å². The van der Waals surface area contributed by atoms with E-state index in [-0.39, 0.29) is 5.91 Å². The van der Waals surface area contributed by atoms with Gasteiger partial charge in [0.1, 0.15) is 0 Å². The molecule has 0 fully saturated rings. The van der Waals surface area contributed by atoms with Crippen molar-refractivity contribution in [3.8, 4) is 0 Å². The van der Waals surface area contributed by atoms with Crippen molar-refractivity contribution in [2.45, 2.75) is 40.2 Å². The molecule has 1 amide bonds. The molecule has 0 aromatic heterocycles. The van der Waals surface area contributed by atoms with Crippen LogP contribution in [0.15, 0.2) is 0 Å². The average molecular weight is 274 g/mol. The van der Waals surface area contributed by atoms with E-state index in [0.29, 0.717) is 51.4 Å². The highest BCUT2D eigenvalue weighted by Crippen LogP contribution is 1.97. The predicted molar refractivity (Wildman–Crippen MR) is 77.2 cm³/mol. The fourth-order valence-electron chi connectivity index (χ4n) is 1.45. The predicted octanol–water partition coefficient (Wildman–Crippen LogP) is 1.18. The van der Waals surface area contributed by atoms with Gasteiger partial charge in [0, 0.05) is 25.6 Å². The standard InChI is InChI=1S/C14H30N2O3/c1-12(2)11-14(17)16-6-8-19-10-9-18-7-5-15-13(3)4/h12-13,15H,5-11H2,1-4H3,(H,16,17). The molecule has 0 aliphatic rings. The van der Waals surface area contributed by atoms with Crippen LogP contribution >= 0.6 is 0 Å². The molecule has 0 atom stereocenters. The van der Waals surface area contributed by atoms with Crippen molar-refractivity contribution in [1.82, 2.24) is 10.6 Å². The Morgan fingerprint density at radius 1 is 0.947 bits per heavy atom. The molecule has 5 nitrogen and oxygen atoms in total. The van der Waals surface area contributed by atoms with Crippen LogP contribution in [0.2, 0.25) is 0 Å². The molecule has 0 aliphatic carbocycles. The molecular weight excluding hydrogens is 244 g/mol. The molecule has 0 aromatic carbocycles. The van der Waals surface area contributed by atoms with Crippen molar-refractivity contribution < 1.29 is 14.3 Å². The van der Waals surface area contributed by atoms with Crippen molar-refractivity contribution in [2.75, 3.05) is 39.5 Å². The van der Waals surface area contributed by atoms with Crippen LogP contribution in [-0.4, -0.2) is 51.5 Å². The number of hydrogen-bond donors (Lipinski definition) is 2.